The molecule has 2 atom stereocenters. The molecule has 14 heteroatoms. The summed E-state index contributed by atoms with van der Waals surface area (Å²) >= 11 is 0. The molecule has 0 fully saturated rings. The van der Waals surface area contributed by atoms with Crippen LogP contribution in [0, 0.1) is 17.5 Å². The highest BCUT2D eigenvalue weighted by Gasteiger charge is 2.20. The van der Waals surface area contributed by atoms with Gasteiger partial charge in [-0.1, -0.05) is 6.07 Å². The quantitative estimate of drug-likeness (QED) is 0.559. The van der Waals surface area contributed by atoms with E-state index in [1.807, 2.05) is 5.32 Å². The zero-order chi connectivity index (χ0) is 24.3. The number of anilines is 1. The molecule has 2 unspecified atom stereocenters. The van der Waals surface area contributed by atoms with E-state index >= 15 is 0 Å². The molecule has 2 N–H and O–H groups in total. The van der Waals surface area contributed by atoms with E-state index < -0.39 is 66.0 Å². The largest absolute Gasteiger partial charge is 0.418 e. The van der Waals surface area contributed by atoms with Crippen LogP contribution in [0.4, 0.5) is 32.4 Å². The lowest BCUT2D eigenvalue weighted by Gasteiger charge is -2.18. The van der Waals surface area contributed by atoms with E-state index in [2.05, 4.69) is 15.0 Å². The van der Waals surface area contributed by atoms with Crippen LogP contribution in [0.3, 0.4) is 0 Å². The number of carbonyl (C=O) groups excluding carboxylic acids is 1. The van der Waals surface area contributed by atoms with Gasteiger partial charge in [-0.25, -0.2) is 31.7 Å². The van der Waals surface area contributed by atoms with Crippen molar-refractivity contribution in [3.05, 3.63) is 70.1 Å². The summed E-state index contributed by atoms with van der Waals surface area (Å²) in [6.07, 6.45) is -4.15. The van der Waals surface area contributed by atoms with E-state index in [4.69, 9.17) is 0 Å². The van der Waals surface area contributed by atoms with Crippen LogP contribution in [0.15, 0.2) is 46.6 Å². The molecule has 0 spiro atoms. The van der Waals surface area contributed by atoms with E-state index in [-0.39, 0.29) is 17.1 Å². The van der Waals surface area contributed by atoms with Gasteiger partial charge in [0.05, 0.1) is 11.6 Å². The summed E-state index contributed by atoms with van der Waals surface area (Å²) in [6.45, 7) is 1.40. The number of amides is 1. The van der Waals surface area contributed by atoms with Crippen LogP contribution in [0.25, 0.3) is 0 Å². The van der Waals surface area contributed by atoms with E-state index in [0.717, 1.165) is 41.3 Å². The third-order valence-corrected chi connectivity index (χ3v) is 6.80. The molecule has 3 rings (SSSR count). The molecule has 176 valence electrons. The van der Waals surface area contributed by atoms with Gasteiger partial charge in [0.1, 0.15) is 11.6 Å². The van der Waals surface area contributed by atoms with Crippen LogP contribution in [-0.4, -0.2) is 20.1 Å². The molecule has 0 radical (unpaired) electrons. The number of ether oxygens (including phenoxy) is 1. The third-order valence-electron chi connectivity index (χ3n) is 4.23. The summed E-state index contributed by atoms with van der Waals surface area (Å²) in [6, 6.07) is 3.34. The standard InChI is InChI=1S/C19H14F5N3O4S2/c1-9(12-4-10(18(23)24)2-3-13(12)20)26-11-5-14(21)17(15(22)6-11)31-19(28)27-16-7-32(8-25-16)33(29)30/h2-9,18,26H,1H3,(H,27,28). The third kappa shape index (κ3) is 5.96. The first-order valence-electron chi connectivity index (χ1n) is 8.94. The average Bonchev–Trinajstić information content (AvgIpc) is 3.19. The summed E-state index contributed by atoms with van der Waals surface area (Å²) in [5.74, 6) is -4.58. The number of alkyl halides is 2. The van der Waals surface area contributed by atoms with Crippen molar-refractivity contribution < 1.29 is 39.9 Å². The SMILES string of the molecule is CC(Nc1cc(F)c(OC(=O)NC2=CS(=S(=O)=O)C=N2)c(F)c1)c1cc(C(F)F)ccc1F. The van der Waals surface area contributed by atoms with E-state index in [1.54, 1.807) is 0 Å². The normalized spacial score (nSPS) is 15.8. The second-order valence-corrected chi connectivity index (χ2v) is 9.98. The van der Waals surface area contributed by atoms with Gasteiger partial charge >= 0.3 is 6.09 Å². The number of halogens is 5. The van der Waals surface area contributed by atoms with Crippen molar-refractivity contribution in [1.82, 2.24) is 5.32 Å². The van der Waals surface area contributed by atoms with Gasteiger partial charge < -0.3 is 10.1 Å². The number of nitrogens with zero attached hydrogens (tertiary/aromatic N) is 1. The topological polar surface area (TPSA) is 96.9 Å². The first kappa shape index (κ1) is 24.4. The first-order chi connectivity index (χ1) is 15.5. The van der Waals surface area contributed by atoms with Crippen molar-refractivity contribution in [2.45, 2.75) is 19.4 Å². The Labute approximate surface area is 187 Å². The molecule has 0 aromatic heterocycles. The fraction of sp³-hybridized carbons (Fsp3) is 0.158. The van der Waals surface area contributed by atoms with Crippen LogP contribution >= 0.6 is 0 Å². The minimum atomic E-state index is -2.83. The van der Waals surface area contributed by atoms with E-state index in [0.29, 0.717) is 0 Å². The summed E-state index contributed by atoms with van der Waals surface area (Å²) in [4.78, 5) is 15.5. The molecule has 2 aromatic rings. The molecule has 0 bridgehead atoms. The van der Waals surface area contributed by atoms with Crippen molar-refractivity contribution in [2.24, 2.45) is 4.99 Å². The Morgan fingerprint density at radius 3 is 2.33 bits per heavy atom. The van der Waals surface area contributed by atoms with Crippen LogP contribution in [0.2, 0.25) is 0 Å². The lowest BCUT2D eigenvalue weighted by Crippen LogP contribution is -2.26. The highest BCUT2D eigenvalue weighted by Crippen LogP contribution is 2.30. The molecule has 0 aliphatic carbocycles. The predicted octanol–water partition coefficient (Wildman–Crippen LogP) is 4.56. The molecule has 7 nitrogen and oxygen atoms in total. The number of aliphatic imine (C=N–C) groups is 1. The van der Waals surface area contributed by atoms with Crippen LogP contribution < -0.4 is 15.4 Å². The predicted molar refractivity (Wildman–Crippen MR) is 112 cm³/mol. The monoisotopic (exact) mass is 507 g/mol. The number of hydrogen-bond acceptors (Lipinski definition) is 6. The Kier molecular flexibility index (Phi) is 7.48. The molecule has 0 saturated heterocycles. The molecule has 1 amide bonds. The summed E-state index contributed by atoms with van der Waals surface area (Å²) in [5, 5.41) is 5.74. The molecular formula is C19H14F5N3O4S2. The van der Waals surface area contributed by atoms with Gasteiger partial charge in [0.25, 0.3) is 6.43 Å². The van der Waals surface area contributed by atoms with Crippen LogP contribution in [0.5, 0.6) is 5.75 Å². The van der Waals surface area contributed by atoms with Gasteiger partial charge in [-0.3, -0.25) is 5.32 Å². The molecule has 1 heterocycles. The second-order valence-electron chi connectivity index (χ2n) is 6.50. The summed E-state index contributed by atoms with van der Waals surface area (Å²) in [5.41, 5.74) is 0.331. The number of benzene rings is 2. The van der Waals surface area contributed by atoms with Crippen molar-refractivity contribution in [3.8, 4) is 5.75 Å². The van der Waals surface area contributed by atoms with Gasteiger partial charge in [0.2, 0.25) is 15.0 Å². The zero-order valence-electron chi connectivity index (χ0n) is 16.5. The van der Waals surface area contributed by atoms with Crippen LogP contribution in [-0.2, 0) is 18.7 Å². The second kappa shape index (κ2) is 10.1. The van der Waals surface area contributed by atoms with Gasteiger partial charge in [-0.05, 0) is 19.1 Å². The molecule has 0 saturated carbocycles. The van der Waals surface area contributed by atoms with Gasteiger partial charge in [-0.2, -0.15) is 8.42 Å². The van der Waals surface area contributed by atoms with Crippen LogP contribution in [0.1, 0.15) is 30.5 Å². The maximum Gasteiger partial charge on any atom is 0.418 e. The van der Waals surface area contributed by atoms with Crippen molar-refractivity contribution in [2.75, 3.05) is 5.32 Å². The summed E-state index contributed by atoms with van der Waals surface area (Å²) < 4.78 is 94.8. The number of carbonyl (C=O) groups is 1. The Hall–Kier alpha value is -3.26. The van der Waals surface area contributed by atoms with Crippen molar-refractivity contribution in [1.29, 1.82) is 0 Å². The Morgan fingerprint density at radius 1 is 1.09 bits per heavy atom. The lowest BCUT2D eigenvalue weighted by molar-refractivity contribution is 0.151. The lowest BCUT2D eigenvalue weighted by atomic mass is 10.0. The molecule has 2 aromatic carbocycles. The van der Waals surface area contributed by atoms with Gasteiger partial charge in [0.15, 0.2) is 11.6 Å². The van der Waals surface area contributed by atoms with Gasteiger partial charge in [-0.15, -0.1) is 0 Å². The fourth-order valence-electron chi connectivity index (χ4n) is 2.74. The average molecular weight is 507 g/mol. The Morgan fingerprint density at radius 2 is 1.76 bits per heavy atom. The molecule has 1 aliphatic heterocycles. The molecular weight excluding hydrogens is 493 g/mol. The smallest absolute Gasteiger partial charge is 0.404 e. The Balaban J connectivity index is 1.73. The maximum atomic E-state index is 14.4. The first-order valence-corrected chi connectivity index (χ1v) is 11.9. The number of hydrogen-bond donors (Lipinski definition) is 2. The zero-order valence-corrected chi connectivity index (χ0v) is 18.1. The van der Waals surface area contributed by atoms with Crippen molar-refractivity contribution in [3.63, 3.8) is 0 Å². The van der Waals surface area contributed by atoms with E-state index in [9.17, 15) is 35.2 Å². The van der Waals surface area contributed by atoms with Crippen molar-refractivity contribution >= 4 is 36.0 Å². The molecule has 1 aliphatic rings. The van der Waals surface area contributed by atoms with E-state index in [1.165, 1.54) is 6.92 Å². The minimum absolute atomic E-state index is 0.142. The highest BCUT2D eigenvalue weighted by atomic mass is 32.9. The highest BCUT2D eigenvalue weighted by molar-refractivity contribution is 8.42. The fourth-order valence-corrected chi connectivity index (χ4v) is 4.35. The summed E-state index contributed by atoms with van der Waals surface area (Å²) in [7, 11) is -3.82. The maximum absolute atomic E-state index is 14.4. The number of rotatable bonds is 6. The Bertz CT molecular complexity index is 1280. The minimum Gasteiger partial charge on any atom is -0.404 e. The van der Waals surface area contributed by atoms with Gasteiger partial charge in [0, 0.05) is 43.8 Å². The number of nitrogens with one attached hydrogen (secondary N) is 2. The molecule has 33 heavy (non-hydrogen) atoms.